The van der Waals surface area contributed by atoms with Crippen molar-refractivity contribution in [3.05, 3.63) is 47.5 Å². The molecule has 1 amide bonds. The summed E-state index contributed by atoms with van der Waals surface area (Å²) in [5, 5.41) is 0. The normalized spacial score (nSPS) is 15.8. The first-order valence-corrected chi connectivity index (χ1v) is 8.38. The smallest absolute Gasteiger partial charge is 0.265 e. The van der Waals surface area contributed by atoms with Crippen LogP contribution in [0, 0.1) is 0 Å². The molecule has 2 aromatic rings. The summed E-state index contributed by atoms with van der Waals surface area (Å²) in [6, 6.07) is 11.8. The molecule has 0 aromatic heterocycles. The summed E-state index contributed by atoms with van der Waals surface area (Å²) in [5.41, 5.74) is 2.98. The predicted molar refractivity (Wildman–Crippen MR) is 94.4 cm³/mol. The molecule has 0 spiro atoms. The zero-order valence-corrected chi connectivity index (χ0v) is 14.7. The Morgan fingerprint density at radius 2 is 1.72 bits per heavy atom. The summed E-state index contributed by atoms with van der Waals surface area (Å²) in [4.78, 5) is 14.3. The van der Waals surface area contributed by atoms with E-state index in [2.05, 4.69) is 32.9 Å². The highest BCUT2D eigenvalue weighted by atomic mass is 16.7. The second-order valence-corrected chi connectivity index (χ2v) is 7.39. The van der Waals surface area contributed by atoms with Crippen molar-refractivity contribution in [2.24, 2.45) is 0 Å². The quantitative estimate of drug-likeness (QED) is 0.838. The van der Waals surface area contributed by atoms with E-state index in [4.69, 9.17) is 14.2 Å². The fourth-order valence-electron chi connectivity index (χ4n) is 3.06. The number of ether oxygens (including phenoxy) is 3. The second-order valence-electron chi connectivity index (χ2n) is 7.39. The molecule has 0 radical (unpaired) electrons. The summed E-state index contributed by atoms with van der Waals surface area (Å²) < 4.78 is 16.4. The Hall–Kier alpha value is -2.69. The molecule has 0 atom stereocenters. The molecule has 0 unspecified atom stereocenters. The molecule has 0 aliphatic carbocycles. The summed E-state index contributed by atoms with van der Waals surface area (Å²) in [6.07, 6.45) is 0. The molecular formula is C20H21NO4. The van der Waals surface area contributed by atoms with Crippen LogP contribution in [0.5, 0.6) is 17.2 Å². The molecule has 0 fully saturated rings. The lowest BCUT2D eigenvalue weighted by atomic mass is 9.86. The van der Waals surface area contributed by atoms with Crippen molar-refractivity contribution in [3.63, 3.8) is 0 Å². The van der Waals surface area contributed by atoms with Crippen LogP contribution in [0.15, 0.2) is 36.4 Å². The van der Waals surface area contributed by atoms with Crippen LogP contribution in [0.25, 0.3) is 0 Å². The molecule has 4 rings (SSSR count). The van der Waals surface area contributed by atoms with E-state index in [1.807, 2.05) is 24.3 Å². The number of amides is 1. The molecule has 0 saturated carbocycles. The minimum Gasteiger partial charge on any atom is -0.482 e. The van der Waals surface area contributed by atoms with Gasteiger partial charge in [-0.15, -0.1) is 0 Å². The van der Waals surface area contributed by atoms with E-state index in [0.717, 1.165) is 28.5 Å². The van der Waals surface area contributed by atoms with Gasteiger partial charge < -0.3 is 19.1 Å². The maximum absolute atomic E-state index is 12.5. The molecular weight excluding hydrogens is 318 g/mol. The van der Waals surface area contributed by atoms with Crippen LogP contribution in [0.1, 0.15) is 31.9 Å². The van der Waals surface area contributed by atoms with Gasteiger partial charge in [0, 0.05) is 0 Å². The van der Waals surface area contributed by atoms with Crippen LogP contribution in [-0.2, 0) is 16.8 Å². The topological polar surface area (TPSA) is 48.0 Å². The van der Waals surface area contributed by atoms with E-state index in [1.54, 1.807) is 4.90 Å². The Labute approximate surface area is 147 Å². The van der Waals surface area contributed by atoms with Crippen molar-refractivity contribution in [3.8, 4) is 17.2 Å². The lowest BCUT2D eigenvalue weighted by Crippen LogP contribution is -2.38. The van der Waals surface area contributed by atoms with Crippen molar-refractivity contribution in [2.45, 2.75) is 32.7 Å². The molecule has 0 N–H and O–H groups in total. The molecule has 0 bridgehead atoms. The molecule has 2 aromatic carbocycles. The minimum atomic E-state index is -0.0452. The number of hydrogen-bond acceptors (Lipinski definition) is 4. The van der Waals surface area contributed by atoms with Gasteiger partial charge in [-0.1, -0.05) is 32.9 Å². The average Bonchev–Trinajstić information content (AvgIpc) is 3.04. The summed E-state index contributed by atoms with van der Waals surface area (Å²) >= 11 is 0. The Morgan fingerprint density at radius 1 is 0.960 bits per heavy atom. The first-order chi connectivity index (χ1) is 11.9. The number of fused-ring (bicyclic) bond motifs is 2. The maximum atomic E-state index is 12.5. The van der Waals surface area contributed by atoms with Gasteiger partial charge >= 0.3 is 0 Å². The lowest BCUT2D eigenvalue weighted by Gasteiger charge is -2.31. The number of carbonyl (C=O) groups excluding carboxylic acids is 1. The number of nitrogens with zero attached hydrogens (tertiary/aromatic N) is 1. The highest BCUT2D eigenvalue weighted by Gasteiger charge is 2.28. The molecule has 5 heteroatoms. The van der Waals surface area contributed by atoms with Crippen LogP contribution in [0.3, 0.4) is 0 Å². The second kappa shape index (κ2) is 5.69. The number of rotatable bonds is 2. The standard InChI is InChI=1S/C20H21NO4/c1-20(2,3)14-5-7-16-15(9-14)21(19(22)11-23-16)10-13-4-6-17-18(8-13)25-12-24-17/h4-9H,10-12H2,1-3H3. The van der Waals surface area contributed by atoms with Crippen molar-refractivity contribution in [2.75, 3.05) is 18.3 Å². The van der Waals surface area contributed by atoms with Gasteiger partial charge in [0.15, 0.2) is 18.1 Å². The highest BCUT2D eigenvalue weighted by Crippen LogP contribution is 2.38. The third-order valence-electron chi connectivity index (χ3n) is 4.55. The molecule has 5 nitrogen and oxygen atoms in total. The SMILES string of the molecule is CC(C)(C)c1ccc2c(c1)N(Cc1ccc3c(c1)OCO3)C(=O)CO2. The number of hydrogen-bond donors (Lipinski definition) is 0. The summed E-state index contributed by atoms with van der Waals surface area (Å²) in [7, 11) is 0. The molecule has 2 heterocycles. The first kappa shape index (κ1) is 15.8. The molecule has 0 saturated heterocycles. The largest absolute Gasteiger partial charge is 0.482 e. The molecule has 25 heavy (non-hydrogen) atoms. The summed E-state index contributed by atoms with van der Waals surface area (Å²) in [6.45, 7) is 7.24. The Kier molecular flexibility index (Phi) is 3.60. The third kappa shape index (κ3) is 2.90. The highest BCUT2D eigenvalue weighted by molar-refractivity contribution is 5.97. The van der Waals surface area contributed by atoms with Gasteiger partial charge in [-0.25, -0.2) is 0 Å². The van der Waals surface area contributed by atoms with Gasteiger partial charge in [0.2, 0.25) is 6.79 Å². The monoisotopic (exact) mass is 339 g/mol. The minimum absolute atomic E-state index is 0.0000562. The van der Waals surface area contributed by atoms with Gasteiger partial charge in [0.1, 0.15) is 5.75 Å². The summed E-state index contributed by atoms with van der Waals surface area (Å²) in [5.74, 6) is 2.17. The number of carbonyl (C=O) groups is 1. The van der Waals surface area contributed by atoms with Gasteiger partial charge in [0.25, 0.3) is 5.91 Å². The van der Waals surface area contributed by atoms with E-state index >= 15 is 0 Å². The van der Waals surface area contributed by atoms with Crippen LogP contribution in [-0.4, -0.2) is 19.3 Å². The third-order valence-corrected chi connectivity index (χ3v) is 4.55. The van der Waals surface area contributed by atoms with Crippen molar-refractivity contribution >= 4 is 11.6 Å². The van der Waals surface area contributed by atoms with Crippen LogP contribution in [0.2, 0.25) is 0 Å². The Bertz CT molecular complexity index is 838. The maximum Gasteiger partial charge on any atom is 0.265 e. The zero-order chi connectivity index (χ0) is 17.6. The number of anilines is 1. The fourth-order valence-corrected chi connectivity index (χ4v) is 3.06. The molecule has 2 aliphatic rings. The van der Waals surface area contributed by atoms with E-state index < -0.39 is 0 Å². The van der Waals surface area contributed by atoms with Gasteiger partial charge in [-0.2, -0.15) is 0 Å². The fraction of sp³-hybridized carbons (Fsp3) is 0.350. The predicted octanol–water partition coefficient (Wildman–Crippen LogP) is 3.64. The van der Waals surface area contributed by atoms with E-state index in [-0.39, 0.29) is 24.7 Å². The van der Waals surface area contributed by atoms with Gasteiger partial charge in [-0.3, -0.25) is 4.79 Å². The number of benzene rings is 2. The molecule has 130 valence electrons. The molecule has 2 aliphatic heterocycles. The van der Waals surface area contributed by atoms with E-state index in [0.29, 0.717) is 6.54 Å². The lowest BCUT2D eigenvalue weighted by molar-refractivity contribution is -0.121. The zero-order valence-electron chi connectivity index (χ0n) is 14.7. The van der Waals surface area contributed by atoms with Gasteiger partial charge in [-0.05, 0) is 40.8 Å². The first-order valence-electron chi connectivity index (χ1n) is 8.38. The van der Waals surface area contributed by atoms with E-state index in [9.17, 15) is 4.79 Å². The van der Waals surface area contributed by atoms with Crippen LogP contribution in [0.4, 0.5) is 5.69 Å². The van der Waals surface area contributed by atoms with Crippen molar-refractivity contribution in [1.82, 2.24) is 0 Å². The van der Waals surface area contributed by atoms with E-state index in [1.165, 1.54) is 5.56 Å². The Balaban J connectivity index is 1.69. The van der Waals surface area contributed by atoms with Gasteiger partial charge in [0.05, 0.1) is 12.2 Å². The Morgan fingerprint density at radius 3 is 2.52 bits per heavy atom. The van der Waals surface area contributed by atoms with Crippen molar-refractivity contribution < 1.29 is 19.0 Å². The van der Waals surface area contributed by atoms with Crippen LogP contribution >= 0.6 is 0 Å². The average molecular weight is 339 g/mol. The van der Waals surface area contributed by atoms with Crippen molar-refractivity contribution in [1.29, 1.82) is 0 Å². The van der Waals surface area contributed by atoms with Crippen LogP contribution < -0.4 is 19.1 Å².